The SMILES string of the molecule is CCCCCn1c2cc(-c3cnn(Cc4cncc(F)c4)c3)[nH]c2c(=O)n2c(C)nnc12. The Morgan fingerprint density at radius 1 is 1.12 bits per heavy atom. The smallest absolute Gasteiger partial charge is 0.284 e. The molecule has 9 nitrogen and oxygen atoms in total. The van der Waals surface area contributed by atoms with Crippen molar-refractivity contribution in [3.8, 4) is 11.3 Å². The summed E-state index contributed by atoms with van der Waals surface area (Å²) in [6.07, 6.45) is 9.54. The first kappa shape index (κ1) is 20.1. The molecule has 5 aromatic heterocycles. The lowest BCUT2D eigenvalue weighted by Gasteiger charge is -2.09. The molecule has 0 atom stereocenters. The lowest BCUT2D eigenvalue weighted by molar-refractivity contribution is 0.611. The summed E-state index contributed by atoms with van der Waals surface area (Å²) < 4.78 is 18.7. The van der Waals surface area contributed by atoms with Crippen LogP contribution in [0.5, 0.6) is 0 Å². The maximum atomic E-state index is 13.4. The normalized spacial score (nSPS) is 11.7. The van der Waals surface area contributed by atoms with Gasteiger partial charge in [0.15, 0.2) is 0 Å². The molecule has 0 fully saturated rings. The molecule has 0 saturated carbocycles. The third-order valence-electron chi connectivity index (χ3n) is 5.59. The van der Waals surface area contributed by atoms with Crippen molar-refractivity contribution in [2.24, 2.45) is 0 Å². The van der Waals surface area contributed by atoms with Crippen molar-refractivity contribution in [3.63, 3.8) is 0 Å². The zero-order valence-corrected chi connectivity index (χ0v) is 17.9. The fourth-order valence-electron chi connectivity index (χ4n) is 4.02. The van der Waals surface area contributed by atoms with E-state index in [0.717, 1.165) is 48.1 Å². The zero-order chi connectivity index (χ0) is 22.2. The van der Waals surface area contributed by atoms with Crippen LogP contribution in [-0.4, -0.2) is 38.9 Å². The lowest BCUT2D eigenvalue weighted by atomic mass is 10.2. The maximum Gasteiger partial charge on any atom is 0.284 e. The van der Waals surface area contributed by atoms with Gasteiger partial charge in [0.2, 0.25) is 5.78 Å². The highest BCUT2D eigenvalue weighted by atomic mass is 19.1. The number of pyridine rings is 1. The number of rotatable bonds is 7. The van der Waals surface area contributed by atoms with E-state index in [1.807, 2.05) is 12.3 Å². The molecule has 0 saturated heterocycles. The third kappa shape index (κ3) is 3.47. The van der Waals surface area contributed by atoms with Gasteiger partial charge in [0, 0.05) is 24.5 Å². The molecule has 0 radical (unpaired) electrons. The van der Waals surface area contributed by atoms with Crippen molar-refractivity contribution in [2.75, 3.05) is 0 Å². The summed E-state index contributed by atoms with van der Waals surface area (Å²) in [7, 11) is 0. The predicted octanol–water partition coefficient (Wildman–Crippen LogP) is 3.32. The van der Waals surface area contributed by atoms with Crippen LogP contribution in [0.15, 0.2) is 41.7 Å². The molecule has 0 aromatic carbocycles. The van der Waals surface area contributed by atoms with Gasteiger partial charge in [-0.3, -0.25) is 14.5 Å². The van der Waals surface area contributed by atoms with Crippen molar-refractivity contribution in [2.45, 2.75) is 46.2 Å². The first-order valence-corrected chi connectivity index (χ1v) is 10.6. The zero-order valence-electron chi connectivity index (χ0n) is 17.9. The summed E-state index contributed by atoms with van der Waals surface area (Å²) in [4.78, 5) is 20.3. The van der Waals surface area contributed by atoms with Gasteiger partial charge in [0.05, 0.1) is 30.1 Å². The molecule has 0 spiro atoms. The van der Waals surface area contributed by atoms with Crippen LogP contribution >= 0.6 is 0 Å². The van der Waals surface area contributed by atoms with Crippen LogP contribution in [0.1, 0.15) is 37.6 Å². The van der Waals surface area contributed by atoms with Crippen molar-refractivity contribution >= 4 is 16.8 Å². The van der Waals surface area contributed by atoms with E-state index in [9.17, 15) is 9.18 Å². The van der Waals surface area contributed by atoms with Gasteiger partial charge in [0.25, 0.3) is 5.56 Å². The van der Waals surface area contributed by atoms with Crippen LogP contribution < -0.4 is 5.56 Å². The number of halogens is 1. The summed E-state index contributed by atoms with van der Waals surface area (Å²) in [5, 5.41) is 12.8. The van der Waals surface area contributed by atoms with E-state index in [1.165, 1.54) is 12.3 Å². The molecule has 10 heteroatoms. The Kier molecular flexibility index (Phi) is 5.04. The molecule has 5 rings (SSSR count). The van der Waals surface area contributed by atoms with Gasteiger partial charge in [-0.25, -0.2) is 8.79 Å². The van der Waals surface area contributed by atoms with Crippen molar-refractivity contribution in [1.29, 1.82) is 0 Å². The minimum atomic E-state index is -0.379. The molecule has 0 unspecified atom stereocenters. The standard InChI is InChI=1S/C22H23FN8O/c1-3-4-5-6-30-19-8-18(26-20(19)21(32)31-14(2)27-28-22(30)31)16-10-25-29(13-16)12-15-7-17(23)11-24-9-15/h7-11,13,26H,3-6,12H2,1-2H3. The highest BCUT2D eigenvalue weighted by molar-refractivity contribution is 5.83. The Morgan fingerprint density at radius 2 is 2.00 bits per heavy atom. The molecule has 0 aliphatic heterocycles. The molecule has 0 aliphatic carbocycles. The highest BCUT2D eigenvalue weighted by Gasteiger charge is 2.18. The van der Waals surface area contributed by atoms with E-state index >= 15 is 0 Å². The number of H-pyrrole nitrogens is 1. The van der Waals surface area contributed by atoms with Gasteiger partial charge in [-0.2, -0.15) is 5.10 Å². The monoisotopic (exact) mass is 434 g/mol. The Hall–Kier alpha value is -3.82. The molecule has 5 aromatic rings. The number of aromatic nitrogens is 8. The first-order valence-electron chi connectivity index (χ1n) is 10.6. The Bertz CT molecular complexity index is 1470. The molecule has 0 bridgehead atoms. The first-order chi connectivity index (χ1) is 15.5. The number of hydrogen-bond acceptors (Lipinski definition) is 5. The van der Waals surface area contributed by atoms with Crippen molar-refractivity contribution in [1.82, 2.24) is 38.9 Å². The summed E-state index contributed by atoms with van der Waals surface area (Å²) in [5.41, 5.74) is 3.46. The summed E-state index contributed by atoms with van der Waals surface area (Å²) >= 11 is 0. The van der Waals surface area contributed by atoms with E-state index in [4.69, 9.17) is 0 Å². The van der Waals surface area contributed by atoms with Crippen LogP contribution in [0.4, 0.5) is 4.39 Å². The largest absolute Gasteiger partial charge is 0.349 e. The van der Waals surface area contributed by atoms with Crippen LogP contribution in [0, 0.1) is 12.7 Å². The number of nitrogens with one attached hydrogen (secondary N) is 1. The van der Waals surface area contributed by atoms with Gasteiger partial charge in [-0.15, -0.1) is 10.2 Å². The van der Waals surface area contributed by atoms with Crippen LogP contribution in [0.3, 0.4) is 0 Å². The molecule has 0 amide bonds. The minimum Gasteiger partial charge on any atom is -0.349 e. The molecule has 1 N–H and O–H groups in total. The van der Waals surface area contributed by atoms with Crippen molar-refractivity contribution < 1.29 is 4.39 Å². The minimum absolute atomic E-state index is 0.172. The number of nitrogens with zero attached hydrogens (tertiary/aromatic N) is 7. The number of aromatic amines is 1. The highest BCUT2D eigenvalue weighted by Crippen LogP contribution is 2.24. The number of aryl methyl sites for hydroxylation is 2. The van der Waals surface area contributed by atoms with Crippen molar-refractivity contribution in [3.05, 3.63) is 64.5 Å². The summed E-state index contributed by atoms with van der Waals surface area (Å²) in [5.74, 6) is 0.732. The third-order valence-corrected chi connectivity index (χ3v) is 5.59. The molecule has 32 heavy (non-hydrogen) atoms. The van der Waals surface area contributed by atoms with Crippen LogP contribution in [0.2, 0.25) is 0 Å². The number of fused-ring (bicyclic) bond motifs is 2. The van der Waals surface area contributed by atoms with Gasteiger partial charge in [0.1, 0.15) is 17.2 Å². The maximum absolute atomic E-state index is 13.4. The predicted molar refractivity (Wildman–Crippen MR) is 118 cm³/mol. The lowest BCUT2D eigenvalue weighted by Crippen LogP contribution is -2.19. The Balaban J connectivity index is 1.56. The van der Waals surface area contributed by atoms with E-state index in [-0.39, 0.29) is 11.4 Å². The molecule has 0 aliphatic rings. The fraction of sp³-hybridized carbons (Fsp3) is 0.318. The second-order valence-electron chi connectivity index (χ2n) is 7.93. The van der Waals surface area contributed by atoms with Crippen LogP contribution in [0.25, 0.3) is 28.1 Å². The summed E-state index contributed by atoms with van der Waals surface area (Å²) in [6.45, 7) is 5.07. The number of hydrogen-bond donors (Lipinski definition) is 1. The van der Waals surface area contributed by atoms with Gasteiger partial charge in [-0.1, -0.05) is 19.8 Å². The van der Waals surface area contributed by atoms with Gasteiger partial charge >= 0.3 is 0 Å². The van der Waals surface area contributed by atoms with E-state index in [0.29, 0.717) is 23.7 Å². The quantitative estimate of drug-likeness (QED) is 0.396. The number of unbranched alkanes of at least 4 members (excludes halogenated alkanes) is 2. The average Bonchev–Trinajstić information content (AvgIpc) is 3.49. The molecular formula is C22H23FN8O. The van der Waals surface area contributed by atoms with Gasteiger partial charge in [-0.05, 0) is 31.0 Å². The molecular weight excluding hydrogens is 411 g/mol. The topological polar surface area (TPSA) is 98.7 Å². The Labute approximate surface area is 182 Å². The van der Waals surface area contributed by atoms with E-state index in [2.05, 4.69) is 36.8 Å². The van der Waals surface area contributed by atoms with E-state index in [1.54, 1.807) is 28.4 Å². The second kappa shape index (κ2) is 8.03. The Morgan fingerprint density at radius 3 is 2.81 bits per heavy atom. The fourth-order valence-corrected chi connectivity index (χ4v) is 4.02. The van der Waals surface area contributed by atoms with Crippen LogP contribution in [-0.2, 0) is 13.1 Å². The average molecular weight is 434 g/mol. The molecule has 5 heterocycles. The second-order valence-corrected chi connectivity index (χ2v) is 7.93. The summed E-state index contributed by atoms with van der Waals surface area (Å²) in [6, 6.07) is 3.39. The molecule has 164 valence electrons. The van der Waals surface area contributed by atoms with Gasteiger partial charge < -0.3 is 9.55 Å². The van der Waals surface area contributed by atoms with E-state index < -0.39 is 0 Å².